The van der Waals surface area contributed by atoms with Crippen molar-refractivity contribution >= 4 is 21.6 Å². The monoisotopic (exact) mass is 496 g/mol. The minimum absolute atomic E-state index is 0.159. The van der Waals surface area contributed by atoms with Gasteiger partial charge in [0, 0.05) is 12.6 Å². The Labute approximate surface area is 207 Å². The Hall–Kier alpha value is -3.36. The molecule has 3 aromatic carbocycles. The molecule has 0 aliphatic carbocycles. The predicted molar refractivity (Wildman–Crippen MR) is 138 cm³/mol. The third kappa shape index (κ3) is 6.41. The van der Waals surface area contributed by atoms with Gasteiger partial charge in [0.05, 0.1) is 31.3 Å². The Morgan fingerprint density at radius 2 is 1.57 bits per heavy atom. The van der Waals surface area contributed by atoms with Crippen molar-refractivity contribution in [2.45, 2.75) is 32.1 Å². The number of benzene rings is 3. The van der Waals surface area contributed by atoms with Crippen molar-refractivity contribution < 1.29 is 22.7 Å². The highest BCUT2D eigenvalue weighted by Gasteiger charge is 2.30. The van der Waals surface area contributed by atoms with Crippen molar-refractivity contribution in [2.24, 2.45) is 0 Å². The van der Waals surface area contributed by atoms with Gasteiger partial charge in [0.15, 0.2) is 0 Å². The molecule has 186 valence electrons. The second-order valence-electron chi connectivity index (χ2n) is 8.42. The second kappa shape index (κ2) is 11.4. The number of carbonyl (C=O) groups is 1. The van der Waals surface area contributed by atoms with Gasteiger partial charge in [-0.3, -0.25) is 4.79 Å². The van der Waals surface area contributed by atoms with E-state index in [1.165, 1.54) is 18.5 Å². The molecular weight excluding hydrogens is 464 g/mol. The van der Waals surface area contributed by atoms with Crippen molar-refractivity contribution in [3.63, 3.8) is 0 Å². The number of aryl methyl sites for hydroxylation is 3. The first-order chi connectivity index (χ1) is 16.6. The van der Waals surface area contributed by atoms with Crippen molar-refractivity contribution in [3.05, 3.63) is 82.9 Å². The number of anilines is 1. The summed E-state index contributed by atoms with van der Waals surface area (Å²) in [5, 5.41) is 2.78. The summed E-state index contributed by atoms with van der Waals surface area (Å²) >= 11 is 0. The van der Waals surface area contributed by atoms with Crippen LogP contribution in [-0.4, -0.2) is 45.9 Å². The van der Waals surface area contributed by atoms with E-state index in [0.717, 1.165) is 11.1 Å². The first-order valence-electron chi connectivity index (χ1n) is 11.3. The van der Waals surface area contributed by atoms with Gasteiger partial charge < -0.3 is 14.8 Å². The van der Waals surface area contributed by atoms with Gasteiger partial charge in [-0.1, -0.05) is 48.0 Å². The first-order valence-corrected chi connectivity index (χ1v) is 12.7. The maximum Gasteiger partial charge on any atom is 0.244 e. The van der Waals surface area contributed by atoms with Crippen LogP contribution >= 0.6 is 0 Å². The Kier molecular flexibility index (Phi) is 8.53. The lowest BCUT2D eigenvalue weighted by molar-refractivity contribution is -0.116. The van der Waals surface area contributed by atoms with Crippen LogP contribution in [0.1, 0.15) is 22.3 Å². The zero-order valence-electron chi connectivity index (χ0n) is 20.8. The van der Waals surface area contributed by atoms with Crippen molar-refractivity contribution in [3.8, 4) is 11.5 Å². The van der Waals surface area contributed by atoms with E-state index in [4.69, 9.17) is 9.47 Å². The first kappa shape index (κ1) is 26.2. The molecule has 7 nitrogen and oxygen atoms in total. The maximum absolute atomic E-state index is 13.8. The third-order valence-corrected chi connectivity index (χ3v) is 7.85. The molecule has 0 aliphatic heterocycles. The van der Waals surface area contributed by atoms with Crippen LogP contribution in [0.15, 0.2) is 65.6 Å². The molecule has 0 fully saturated rings. The number of sulfonamides is 1. The molecule has 0 atom stereocenters. The maximum atomic E-state index is 13.8. The number of methoxy groups -OCH3 is 2. The van der Waals surface area contributed by atoms with Crippen LogP contribution in [0.25, 0.3) is 0 Å². The SMILES string of the molecule is COc1ccc(NC(=O)CN(CCc2ccccc2)S(=O)(=O)c2c(C)cc(C)cc2C)c(OC)c1. The lowest BCUT2D eigenvalue weighted by Crippen LogP contribution is -2.40. The van der Waals surface area contributed by atoms with Gasteiger partial charge in [-0.05, 0) is 56.0 Å². The minimum atomic E-state index is -3.94. The molecule has 0 spiro atoms. The molecule has 3 aromatic rings. The average Bonchev–Trinajstić information content (AvgIpc) is 2.81. The summed E-state index contributed by atoms with van der Waals surface area (Å²) in [6.45, 7) is 5.32. The van der Waals surface area contributed by atoms with Crippen LogP contribution < -0.4 is 14.8 Å². The quantitative estimate of drug-likeness (QED) is 0.447. The van der Waals surface area contributed by atoms with E-state index in [-0.39, 0.29) is 18.0 Å². The van der Waals surface area contributed by atoms with Gasteiger partial charge in [-0.25, -0.2) is 8.42 Å². The number of nitrogens with zero attached hydrogens (tertiary/aromatic N) is 1. The van der Waals surface area contributed by atoms with E-state index in [2.05, 4.69) is 5.32 Å². The number of ether oxygens (including phenoxy) is 2. The zero-order valence-corrected chi connectivity index (χ0v) is 21.6. The summed E-state index contributed by atoms with van der Waals surface area (Å²) in [5.74, 6) is 0.534. The van der Waals surface area contributed by atoms with Gasteiger partial charge in [-0.2, -0.15) is 4.31 Å². The van der Waals surface area contributed by atoms with Crippen LogP contribution in [0.2, 0.25) is 0 Å². The zero-order chi connectivity index (χ0) is 25.6. The third-order valence-electron chi connectivity index (χ3n) is 5.70. The van der Waals surface area contributed by atoms with Crippen LogP contribution in [0.4, 0.5) is 5.69 Å². The topological polar surface area (TPSA) is 84.9 Å². The van der Waals surface area contributed by atoms with Gasteiger partial charge in [-0.15, -0.1) is 0 Å². The highest BCUT2D eigenvalue weighted by atomic mass is 32.2. The number of amides is 1. The Bertz CT molecular complexity index is 1270. The fraction of sp³-hybridized carbons (Fsp3) is 0.296. The molecule has 0 aromatic heterocycles. The van der Waals surface area contributed by atoms with Crippen LogP contribution in [-0.2, 0) is 21.2 Å². The molecule has 0 bridgehead atoms. The van der Waals surface area contributed by atoms with Gasteiger partial charge in [0.2, 0.25) is 15.9 Å². The van der Waals surface area contributed by atoms with E-state index in [1.807, 2.05) is 49.4 Å². The molecule has 35 heavy (non-hydrogen) atoms. The van der Waals surface area contributed by atoms with E-state index < -0.39 is 15.9 Å². The van der Waals surface area contributed by atoms with Gasteiger partial charge >= 0.3 is 0 Å². The number of hydrogen-bond acceptors (Lipinski definition) is 5. The highest BCUT2D eigenvalue weighted by molar-refractivity contribution is 7.89. The predicted octanol–water partition coefficient (Wildman–Crippen LogP) is 4.50. The molecule has 1 N–H and O–H groups in total. The fourth-order valence-electron chi connectivity index (χ4n) is 4.14. The smallest absolute Gasteiger partial charge is 0.244 e. The summed E-state index contributed by atoms with van der Waals surface area (Å²) in [6.07, 6.45) is 0.475. The molecule has 8 heteroatoms. The van der Waals surface area contributed by atoms with E-state index in [1.54, 1.807) is 32.0 Å². The largest absolute Gasteiger partial charge is 0.497 e. The molecule has 3 rings (SSSR count). The van der Waals surface area contributed by atoms with Gasteiger partial charge in [0.25, 0.3) is 0 Å². The van der Waals surface area contributed by atoms with Crippen molar-refractivity contribution in [2.75, 3.05) is 32.6 Å². The van der Waals surface area contributed by atoms with Crippen molar-refractivity contribution in [1.29, 1.82) is 0 Å². The highest BCUT2D eigenvalue weighted by Crippen LogP contribution is 2.30. The molecule has 0 saturated heterocycles. The fourth-order valence-corrected chi connectivity index (χ4v) is 5.95. The lowest BCUT2D eigenvalue weighted by atomic mass is 10.1. The Morgan fingerprint density at radius 3 is 2.17 bits per heavy atom. The standard InChI is InChI=1S/C27H32N2O5S/c1-19-15-20(2)27(21(3)16-19)35(31,32)29(14-13-22-9-7-6-8-10-22)18-26(30)28-24-12-11-23(33-4)17-25(24)34-5/h6-12,15-17H,13-14,18H2,1-5H3,(H,28,30). The number of carbonyl (C=O) groups excluding carboxylic acids is 1. The number of nitrogens with one attached hydrogen (secondary N) is 1. The number of hydrogen-bond donors (Lipinski definition) is 1. The Balaban J connectivity index is 1.91. The van der Waals surface area contributed by atoms with E-state index in [9.17, 15) is 13.2 Å². The molecular formula is C27H32N2O5S. The molecule has 1 amide bonds. The van der Waals surface area contributed by atoms with E-state index >= 15 is 0 Å². The summed E-state index contributed by atoms with van der Waals surface area (Å²) < 4.78 is 39.4. The van der Waals surface area contributed by atoms with E-state index in [0.29, 0.717) is 34.7 Å². The van der Waals surface area contributed by atoms with Crippen LogP contribution in [0, 0.1) is 20.8 Å². The minimum Gasteiger partial charge on any atom is -0.497 e. The number of rotatable bonds is 10. The summed E-state index contributed by atoms with van der Waals surface area (Å²) in [5.41, 5.74) is 3.72. The molecule has 0 heterocycles. The van der Waals surface area contributed by atoms with Crippen LogP contribution in [0.3, 0.4) is 0 Å². The Morgan fingerprint density at radius 1 is 0.914 bits per heavy atom. The van der Waals surface area contributed by atoms with Gasteiger partial charge in [0.1, 0.15) is 11.5 Å². The summed E-state index contributed by atoms with van der Waals surface area (Å²) in [6, 6.07) is 18.3. The normalized spacial score (nSPS) is 11.4. The summed E-state index contributed by atoms with van der Waals surface area (Å²) in [7, 11) is -0.912. The van der Waals surface area contributed by atoms with Crippen LogP contribution in [0.5, 0.6) is 11.5 Å². The molecule has 0 radical (unpaired) electrons. The molecule has 0 saturated carbocycles. The molecule has 0 aliphatic rings. The lowest BCUT2D eigenvalue weighted by Gasteiger charge is -2.24. The second-order valence-corrected chi connectivity index (χ2v) is 10.3. The molecule has 0 unspecified atom stereocenters. The van der Waals surface area contributed by atoms with Crippen molar-refractivity contribution in [1.82, 2.24) is 4.31 Å². The average molecular weight is 497 g/mol. The summed E-state index contributed by atoms with van der Waals surface area (Å²) in [4.78, 5) is 13.3.